The van der Waals surface area contributed by atoms with Gasteiger partial charge in [0, 0.05) is 22.7 Å². The van der Waals surface area contributed by atoms with E-state index in [2.05, 4.69) is 17.4 Å². The second kappa shape index (κ2) is 10.1. The molecule has 2 heterocycles. The van der Waals surface area contributed by atoms with E-state index in [1.54, 1.807) is 0 Å². The molecular weight excluding hydrogens is 450 g/mol. The van der Waals surface area contributed by atoms with Gasteiger partial charge in [-0.3, -0.25) is 14.2 Å². The first-order chi connectivity index (χ1) is 16.2. The van der Waals surface area contributed by atoms with Crippen LogP contribution in [0.5, 0.6) is 0 Å². The largest absolute Gasteiger partial charge is 0.355 e. The first kappa shape index (κ1) is 22.2. The highest BCUT2D eigenvalue weighted by molar-refractivity contribution is 7.99. The zero-order valence-electron chi connectivity index (χ0n) is 18.5. The minimum atomic E-state index is -0.0318. The van der Waals surface area contributed by atoms with Crippen LogP contribution < -0.4 is 10.9 Å². The molecule has 0 bridgehead atoms. The van der Waals surface area contributed by atoms with E-state index in [-0.39, 0.29) is 23.3 Å². The number of nitrogens with one attached hydrogen (secondary N) is 1. The highest BCUT2D eigenvalue weighted by Gasteiger charge is 2.24. The molecular formula is C26H27N3O2S2. The molecule has 5 rings (SSSR count). The third-order valence-electron chi connectivity index (χ3n) is 6.25. The van der Waals surface area contributed by atoms with Crippen LogP contribution in [0.2, 0.25) is 0 Å². The number of nitrogens with zero attached hydrogens (tertiary/aromatic N) is 2. The van der Waals surface area contributed by atoms with E-state index in [1.807, 2.05) is 47.0 Å². The van der Waals surface area contributed by atoms with Gasteiger partial charge in [-0.25, -0.2) is 4.98 Å². The Morgan fingerprint density at radius 3 is 2.64 bits per heavy atom. The molecule has 5 nitrogen and oxygen atoms in total. The predicted molar refractivity (Wildman–Crippen MR) is 137 cm³/mol. The van der Waals surface area contributed by atoms with Crippen molar-refractivity contribution in [3.63, 3.8) is 0 Å². The van der Waals surface area contributed by atoms with Gasteiger partial charge >= 0.3 is 0 Å². The highest BCUT2D eigenvalue weighted by atomic mass is 32.2. The first-order valence-corrected chi connectivity index (χ1v) is 13.4. The summed E-state index contributed by atoms with van der Waals surface area (Å²) in [6.45, 7) is 0.598. The maximum absolute atomic E-state index is 13.6. The number of hydrogen-bond donors (Lipinski definition) is 1. The van der Waals surface area contributed by atoms with Gasteiger partial charge in [0.25, 0.3) is 5.56 Å². The van der Waals surface area contributed by atoms with Crippen molar-refractivity contribution in [3.05, 3.63) is 70.5 Å². The molecule has 170 valence electrons. The highest BCUT2D eigenvalue weighted by Crippen LogP contribution is 2.35. The molecule has 1 N–H and O–H groups in total. The van der Waals surface area contributed by atoms with Gasteiger partial charge in [0.1, 0.15) is 4.70 Å². The van der Waals surface area contributed by atoms with Crippen molar-refractivity contribution in [1.29, 1.82) is 0 Å². The Morgan fingerprint density at radius 2 is 1.82 bits per heavy atom. The number of aromatic nitrogens is 2. The zero-order valence-corrected chi connectivity index (χ0v) is 20.1. The van der Waals surface area contributed by atoms with Crippen LogP contribution in [0.3, 0.4) is 0 Å². The Balaban J connectivity index is 1.38. The van der Waals surface area contributed by atoms with E-state index >= 15 is 0 Å². The predicted octanol–water partition coefficient (Wildman–Crippen LogP) is 5.57. The SMILES string of the molecule is O=C(CSc1nc2c(sc3ccccc32)c(=O)n1C1CCCCC1)NCCc1ccccc1. The van der Waals surface area contributed by atoms with E-state index in [0.717, 1.165) is 52.4 Å². The summed E-state index contributed by atoms with van der Waals surface area (Å²) in [6.07, 6.45) is 6.27. The van der Waals surface area contributed by atoms with Gasteiger partial charge in [-0.15, -0.1) is 11.3 Å². The van der Waals surface area contributed by atoms with E-state index in [0.29, 0.717) is 11.7 Å². The lowest BCUT2D eigenvalue weighted by molar-refractivity contribution is -0.118. The lowest BCUT2D eigenvalue weighted by Gasteiger charge is -2.25. The maximum atomic E-state index is 13.6. The monoisotopic (exact) mass is 477 g/mol. The molecule has 1 fully saturated rings. The van der Waals surface area contributed by atoms with E-state index < -0.39 is 0 Å². The smallest absolute Gasteiger partial charge is 0.272 e. The summed E-state index contributed by atoms with van der Waals surface area (Å²) >= 11 is 2.90. The summed E-state index contributed by atoms with van der Waals surface area (Å²) in [5, 5.41) is 4.69. The number of fused-ring (bicyclic) bond motifs is 3. The zero-order chi connectivity index (χ0) is 22.6. The average Bonchev–Trinajstić information content (AvgIpc) is 3.23. The Morgan fingerprint density at radius 1 is 1.06 bits per heavy atom. The van der Waals surface area contributed by atoms with Gasteiger partial charge < -0.3 is 5.32 Å². The summed E-state index contributed by atoms with van der Waals surface area (Å²) in [6, 6.07) is 18.3. The average molecular weight is 478 g/mol. The number of carbonyl (C=O) groups is 1. The van der Waals surface area contributed by atoms with Crippen LogP contribution in [0.4, 0.5) is 0 Å². The normalized spacial score (nSPS) is 14.7. The second-order valence-electron chi connectivity index (χ2n) is 8.51. The summed E-state index contributed by atoms with van der Waals surface area (Å²) in [4.78, 5) is 31.1. The van der Waals surface area contributed by atoms with Crippen LogP contribution in [-0.2, 0) is 11.2 Å². The molecule has 0 aliphatic heterocycles. The third-order valence-corrected chi connectivity index (χ3v) is 8.35. The third kappa shape index (κ3) is 4.84. The van der Waals surface area contributed by atoms with Crippen molar-refractivity contribution in [1.82, 2.24) is 14.9 Å². The Bertz CT molecular complexity index is 1320. The topological polar surface area (TPSA) is 64.0 Å². The number of amides is 1. The van der Waals surface area contributed by atoms with E-state index in [4.69, 9.17) is 4.98 Å². The van der Waals surface area contributed by atoms with Gasteiger partial charge in [0.05, 0.1) is 11.3 Å². The van der Waals surface area contributed by atoms with Crippen LogP contribution >= 0.6 is 23.1 Å². The van der Waals surface area contributed by atoms with Gasteiger partial charge in [0.15, 0.2) is 5.16 Å². The van der Waals surface area contributed by atoms with Crippen molar-refractivity contribution < 1.29 is 4.79 Å². The van der Waals surface area contributed by atoms with E-state index in [9.17, 15) is 9.59 Å². The quantitative estimate of drug-likeness (QED) is 0.279. The summed E-state index contributed by atoms with van der Waals surface area (Å²) < 4.78 is 3.69. The fourth-order valence-corrected chi connectivity index (χ4v) is 6.54. The molecule has 1 aliphatic rings. The molecule has 7 heteroatoms. The lowest BCUT2D eigenvalue weighted by atomic mass is 9.95. The van der Waals surface area contributed by atoms with Crippen molar-refractivity contribution in [2.45, 2.75) is 49.7 Å². The van der Waals surface area contributed by atoms with Gasteiger partial charge in [-0.1, -0.05) is 79.6 Å². The number of benzene rings is 2. The van der Waals surface area contributed by atoms with Gasteiger partial charge in [0.2, 0.25) is 5.91 Å². The van der Waals surface area contributed by atoms with Gasteiger partial charge in [-0.05, 0) is 30.9 Å². The Labute approximate surface area is 201 Å². The Kier molecular flexibility index (Phi) is 6.78. The van der Waals surface area contributed by atoms with Crippen molar-refractivity contribution in [2.24, 2.45) is 0 Å². The minimum absolute atomic E-state index is 0.0318. The summed E-state index contributed by atoms with van der Waals surface area (Å²) in [5.74, 6) is 0.220. The number of thiophene rings is 1. The molecule has 1 saturated carbocycles. The molecule has 33 heavy (non-hydrogen) atoms. The number of hydrogen-bond acceptors (Lipinski definition) is 5. The van der Waals surface area contributed by atoms with Crippen LogP contribution in [0, 0.1) is 0 Å². The lowest BCUT2D eigenvalue weighted by Crippen LogP contribution is -2.30. The fourth-order valence-electron chi connectivity index (χ4n) is 4.57. The van der Waals surface area contributed by atoms with Crippen LogP contribution in [0.1, 0.15) is 43.7 Å². The van der Waals surface area contributed by atoms with Crippen LogP contribution in [-0.4, -0.2) is 27.8 Å². The summed E-state index contributed by atoms with van der Waals surface area (Å²) in [7, 11) is 0. The maximum Gasteiger partial charge on any atom is 0.272 e. The second-order valence-corrected chi connectivity index (χ2v) is 10.5. The minimum Gasteiger partial charge on any atom is -0.355 e. The van der Waals surface area contributed by atoms with Gasteiger partial charge in [-0.2, -0.15) is 0 Å². The molecule has 1 aliphatic carbocycles. The Hall–Kier alpha value is -2.64. The molecule has 1 amide bonds. The van der Waals surface area contributed by atoms with Crippen LogP contribution in [0.25, 0.3) is 20.3 Å². The van der Waals surface area contributed by atoms with Crippen molar-refractivity contribution in [2.75, 3.05) is 12.3 Å². The first-order valence-electron chi connectivity index (χ1n) is 11.6. The fraction of sp³-hybridized carbons (Fsp3) is 0.346. The number of rotatable bonds is 7. The standard InChI is InChI=1S/C26H27N3O2S2/c30-22(27-16-15-18-9-3-1-4-10-18)17-32-26-28-23-20-13-7-8-14-21(20)33-24(23)25(31)29(26)19-11-5-2-6-12-19/h1,3-4,7-10,13-14,19H,2,5-6,11-12,15-17H2,(H,27,30). The number of carbonyl (C=O) groups excluding carboxylic acids is 1. The molecule has 0 unspecified atom stereocenters. The molecule has 0 saturated heterocycles. The van der Waals surface area contributed by atoms with E-state index in [1.165, 1.54) is 35.1 Å². The summed E-state index contributed by atoms with van der Waals surface area (Å²) in [5.41, 5.74) is 2.01. The molecule has 2 aromatic carbocycles. The molecule has 0 radical (unpaired) electrons. The number of thioether (sulfide) groups is 1. The molecule has 0 spiro atoms. The van der Waals surface area contributed by atoms with Crippen molar-refractivity contribution in [3.8, 4) is 0 Å². The molecule has 2 aromatic heterocycles. The van der Waals surface area contributed by atoms with Crippen LogP contribution in [0.15, 0.2) is 64.5 Å². The molecule has 4 aromatic rings. The molecule has 0 atom stereocenters. The van der Waals surface area contributed by atoms with Crippen molar-refractivity contribution >= 4 is 49.3 Å².